The van der Waals surface area contributed by atoms with E-state index in [1.165, 1.54) is 12.1 Å². The highest BCUT2D eigenvalue weighted by atomic mass is 35.5. The first kappa shape index (κ1) is 30.9. The van der Waals surface area contributed by atoms with Gasteiger partial charge < -0.3 is 26.2 Å². The lowest BCUT2D eigenvalue weighted by atomic mass is 9.97. The molecule has 5 N–H and O–H groups in total. The van der Waals surface area contributed by atoms with E-state index in [2.05, 4.69) is 10.6 Å². The minimum absolute atomic E-state index is 0. The lowest BCUT2D eigenvalue weighted by Crippen LogP contribution is -2.57. The third-order valence-electron chi connectivity index (χ3n) is 6.02. The number of phenols is 1. The number of carbonyl (C=O) groups is 3. The van der Waals surface area contributed by atoms with Gasteiger partial charge in [-0.25, -0.2) is 4.79 Å². The third kappa shape index (κ3) is 9.51. The van der Waals surface area contributed by atoms with Gasteiger partial charge in [-0.3, -0.25) is 9.59 Å². The van der Waals surface area contributed by atoms with E-state index in [0.29, 0.717) is 6.42 Å². The molecule has 2 aromatic rings. The minimum atomic E-state index is -0.967. The van der Waals surface area contributed by atoms with Crippen molar-refractivity contribution in [1.29, 1.82) is 0 Å². The molecule has 2 aromatic carbocycles. The molecule has 0 heterocycles. The second-order valence-electron chi connectivity index (χ2n) is 9.17. The number of nitrogens with two attached hydrogens (primary N) is 1. The normalized spacial score (nSPS) is 14.1. The summed E-state index contributed by atoms with van der Waals surface area (Å²) in [6, 6.07) is 13.0. The standard InChI is InChI=1S/C27H37N3O5.ClH/c1-5-18(4)24(27(34)35-16-20-9-7-6-8-10-20)30-25(32)22(29-26(33)23(28)17(2)3)15-19-11-13-21(31)14-12-19;/h6-14,17-18,22-24,31H,5,15-16,28H2,1-4H3,(H,29,33)(H,30,32);1H/t18-,22-,23-,24-;/m0./s1. The first-order valence-electron chi connectivity index (χ1n) is 12.0. The van der Waals surface area contributed by atoms with Crippen molar-refractivity contribution in [1.82, 2.24) is 10.6 Å². The van der Waals surface area contributed by atoms with Gasteiger partial charge in [-0.05, 0) is 35.1 Å². The summed E-state index contributed by atoms with van der Waals surface area (Å²) in [6.07, 6.45) is 0.799. The number of amides is 2. The molecular formula is C27H38ClN3O5. The zero-order valence-corrected chi connectivity index (χ0v) is 22.1. The Labute approximate surface area is 219 Å². The fourth-order valence-corrected chi connectivity index (χ4v) is 3.39. The van der Waals surface area contributed by atoms with Crippen LogP contribution >= 0.6 is 12.4 Å². The number of halogens is 1. The maximum atomic E-state index is 13.3. The molecule has 0 saturated heterocycles. The van der Waals surface area contributed by atoms with Crippen molar-refractivity contribution in [3.05, 3.63) is 65.7 Å². The number of benzene rings is 2. The van der Waals surface area contributed by atoms with Crippen LogP contribution < -0.4 is 16.4 Å². The summed E-state index contributed by atoms with van der Waals surface area (Å²) in [5, 5.41) is 15.1. The number of phenolic OH excluding ortho intramolecular Hbond substituents is 1. The zero-order chi connectivity index (χ0) is 26.0. The monoisotopic (exact) mass is 519 g/mol. The van der Waals surface area contributed by atoms with Gasteiger partial charge in [0.25, 0.3) is 0 Å². The van der Waals surface area contributed by atoms with Gasteiger partial charge in [0, 0.05) is 6.42 Å². The molecule has 4 atom stereocenters. The van der Waals surface area contributed by atoms with Crippen LogP contribution in [-0.4, -0.2) is 41.0 Å². The van der Waals surface area contributed by atoms with Gasteiger partial charge in [0.05, 0.1) is 6.04 Å². The second-order valence-corrected chi connectivity index (χ2v) is 9.17. The molecule has 0 spiro atoms. The maximum Gasteiger partial charge on any atom is 0.329 e. The first-order valence-corrected chi connectivity index (χ1v) is 12.0. The van der Waals surface area contributed by atoms with Crippen molar-refractivity contribution >= 4 is 30.2 Å². The van der Waals surface area contributed by atoms with Crippen molar-refractivity contribution in [2.24, 2.45) is 17.6 Å². The lowest BCUT2D eigenvalue weighted by Gasteiger charge is -2.27. The van der Waals surface area contributed by atoms with Crippen molar-refractivity contribution in [3.63, 3.8) is 0 Å². The molecule has 0 aliphatic rings. The average Bonchev–Trinajstić information content (AvgIpc) is 2.86. The van der Waals surface area contributed by atoms with Crippen LogP contribution in [0.1, 0.15) is 45.2 Å². The molecule has 0 unspecified atom stereocenters. The number of carbonyl (C=O) groups excluding carboxylic acids is 3. The molecule has 0 radical (unpaired) electrons. The molecule has 198 valence electrons. The topological polar surface area (TPSA) is 131 Å². The van der Waals surface area contributed by atoms with Gasteiger partial charge >= 0.3 is 5.97 Å². The largest absolute Gasteiger partial charge is 0.508 e. The summed E-state index contributed by atoms with van der Waals surface area (Å²) < 4.78 is 5.49. The number of ether oxygens (including phenoxy) is 1. The van der Waals surface area contributed by atoms with Crippen molar-refractivity contribution in [3.8, 4) is 5.75 Å². The fraction of sp³-hybridized carbons (Fsp3) is 0.444. The lowest BCUT2D eigenvalue weighted by molar-refractivity contribution is -0.151. The van der Waals surface area contributed by atoms with E-state index in [1.54, 1.807) is 12.1 Å². The van der Waals surface area contributed by atoms with Crippen LogP contribution in [0.3, 0.4) is 0 Å². The Bertz CT molecular complexity index is 969. The number of aromatic hydroxyl groups is 1. The predicted molar refractivity (Wildman–Crippen MR) is 141 cm³/mol. The Morgan fingerprint density at radius 1 is 0.917 bits per heavy atom. The number of rotatable bonds is 12. The van der Waals surface area contributed by atoms with Crippen LogP contribution in [-0.2, 0) is 32.1 Å². The Morgan fingerprint density at radius 3 is 2.08 bits per heavy atom. The van der Waals surface area contributed by atoms with Crippen molar-refractivity contribution in [2.75, 3.05) is 0 Å². The zero-order valence-electron chi connectivity index (χ0n) is 21.3. The van der Waals surface area contributed by atoms with E-state index >= 15 is 0 Å². The summed E-state index contributed by atoms with van der Waals surface area (Å²) in [5.41, 5.74) is 7.56. The molecule has 2 rings (SSSR count). The van der Waals surface area contributed by atoms with E-state index in [4.69, 9.17) is 10.5 Å². The van der Waals surface area contributed by atoms with Crippen LogP contribution in [0, 0.1) is 11.8 Å². The number of hydrogen-bond acceptors (Lipinski definition) is 6. The second kappa shape index (κ2) is 15.1. The van der Waals surface area contributed by atoms with Crippen LogP contribution in [0.2, 0.25) is 0 Å². The number of esters is 1. The Kier molecular flexibility index (Phi) is 13.0. The molecule has 0 fully saturated rings. The first-order chi connectivity index (χ1) is 16.6. The van der Waals surface area contributed by atoms with Crippen LogP contribution in [0.25, 0.3) is 0 Å². The molecule has 0 bridgehead atoms. The van der Waals surface area contributed by atoms with Gasteiger partial charge in [0.15, 0.2) is 0 Å². The van der Waals surface area contributed by atoms with E-state index < -0.39 is 35.9 Å². The number of nitrogens with one attached hydrogen (secondary N) is 2. The third-order valence-corrected chi connectivity index (χ3v) is 6.02. The van der Waals surface area contributed by atoms with Crippen LogP contribution in [0.5, 0.6) is 5.75 Å². The fourth-order valence-electron chi connectivity index (χ4n) is 3.39. The predicted octanol–water partition coefficient (Wildman–Crippen LogP) is 3.10. The highest BCUT2D eigenvalue weighted by Gasteiger charge is 2.32. The van der Waals surface area contributed by atoms with Gasteiger partial charge in [-0.2, -0.15) is 0 Å². The van der Waals surface area contributed by atoms with Gasteiger partial charge in [0.2, 0.25) is 11.8 Å². The Balaban J connectivity index is 0.00000648. The summed E-state index contributed by atoms with van der Waals surface area (Å²) in [7, 11) is 0. The SMILES string of the molecule is CC[C@H](C)[C@H](NC(=O)[C@H](Cc1ccc(O)cc1)NC(=O)[C@@H](N)C(C)C)C(=O)OCc1ccccc1.Cl. The Morgan fingerprint density at radius 2 is 1.53 bits per heavy atom. The molecule has 0 saturated carbocycles. The van der Waals surface area contributed by atoms with E-state index in [0.717, 1.165) is 11.1 Å². The number of hydrogen-bond donors (Lipinski definition) is 4. The van der Waals surface area contributed by atoms with Gasteiger partial charge in [0.1, 0.15) is 24.4 Å². The summed E-state index contributed by atoms with van der Waals surface area (Å²) in [4.78, 5) is 38.9. The van der Waals surface area contributed by atoms with E-state index in [9.17, 15) is 19.5 Å². The van der Waals surface area contributed by atoms with Crippen molar-refractivity contribution in [2.45, 2.75) is 65.3 Å². The average molecular weight is 520 g/mol. The summed E-state index contributed by atoms with van der Waals surface area (Å²) in [6.45, 7) is 7.52. The molecule has 0 aliphatic carbocycles. The Hall–Kier alpha value is -3.10. The smallest absolute Gasteiger partial charge is 0.329 e. The van der Waals surface area contributed by atoms with E-state index in [-0.39, 0.29) is 43.0 Å². The molecule has 0 aliphatic heterocycles. The van der Waals surface area contributed by atoms with Crippen LogP contribution in [0.4, 0.5) is 0 Å². The summed E-state index contributed by atoms with van der Waals surface area (Å²) in [5.74, 6) is -1.71. The molecule has 36 heavy (non-hydrogen) atoms. The molecule has 2 amide bonds. The molecule has 9 heteroatoms. The molecule has 8 nitrogen and oxygen atoms in total. The minimum Gasteiger partial charge on any atom is -0.508 e. The quantitative estimate of drug-likeness (QED) is 0.319. The van der Waals surface area contributed by atoms with Crippen LogP contribution in [0.15, 0.2) is 54.6 Å². The molecule has 0 aromatic heterocycles. The highest BCUT2D eigenvalue weighted by Crippen LogP contribution is 2.14. The molecular weight excluding hydrogens is 482 g/mol. The van der Waals surface area contributed by atoms with Crippen molar-refractivity contribution < 1.29 is 24.2 Å². The van der Waals surface area contributed by atoms with E-state index in [1.807, 2.05) is 58.0 Å². The maximum absolute atomic E-state index is 13.3. The van der Waals surface area contributed by atoms with Gasteiger partial charge in [-0.15, -0.1) is 12.4 Å². The van der Waals surface area contributed by atoms with Gasteiger partial charge in [-0.1, -0.05) is 76.6 Å². The summed E-state index contributed by atoms with van der Waals surface area (Å²) >= 11 is 0. The highest BCUT2D eigenvalue weighted by molar-refractivity contribution is 5.92.